The van der Waals surface area contributed by atoms with E-state index < -0.39 is 19.2 Å². The second-order valence-corrected chi connectivity index (χ2v) is 24.4. The first-order valence-electron chi connectivity index (χ1n) is 17.5. The van der Waals surface area contributed by atoms with E-state index in [1.54, 1.807) is 0 Å². The van der Waals surface area contributed by atoms with Crippen LogP contribution in [0.3, 0.4) is 0 Å². The average Bonchev–Trinajstić information content (AvgIpc) is 3.53. The first-order valence-corrected chi connectivity index (χ1v) is 24.3. The molecule has 0 atom stereocenters. The summed E-state index contributed by atoms with van der Waals surface area (Å²) in [7, 11) is 0. The molecule has 0 fully saturated rings. The Hall–Kier alpha value is -4.61. The number of nitrogens with zero attached hydrogens (tertiary/aromatic N) is 2. The summed E-state index contributed by atoms with van der Waals surface area (Å²) in [6.07, 6.45) is 3.87. The van der Waals surface area contributed by atoms with Gasteiger partial charge >= 0.3 is 99.8 Å². The summed E-state index contributed by atoms with van der Waals surface area (Å²) in [5, 5.41) is 2.00. The van der Waals surface area contributed by atoms with E-state index >= 15 is 0 Å². The maximum absolute atomic E-state index is 8.79. The molecule has 0 aliphatic carbocycles. The maximum atomic E-state index is 8.79. The quantitative estimate of drug-likeness (QED) is 0.123. The van der Waals surface area contributed by atoms with E-state index in [2.05, 4.69) is 94.0 Å². The van der Waals surface area contributed by atoms with E-state index in [0.29, 0.717) is 0 Å². The molecule has 255 valence electrons. The molecule has 5 aromatic carbocycles. The first-order chi connectivity index (χ1) is 24.5. The molecule has 0 saturated heterocycles. The van der Waals surface area contributed by atoms with Crippen LogP contribution in [-0.2, 0) is 20.1 Å². The number of aromatic nitrogens is 2. The Morgan fingerprint density at radius 3 is 1.98 bits per heavy atom. The normalized spacial score (nSPS) is 11.7. The van der Waals surface area contributed by atoms with Gasteiger partial charge in [-0.2, -0.15) is 0 Å². The van der Waals surface area contributed by atoms with Gasteiger partial charge in [-0.3, -0.25) is 0 Å². The van der Waals surface area contributed by atoms with Crippen LogP contribution in [0.1, 0.15) is 26.7 Å². The number of hydrogen-bond donors (Lipinski definition) is 0. The van der Waals surface area contributed by atoms with Crippen LogP contribution in [0.25, 0.3) is 66.7 Å². The van der Waals surface area contributed by atoms with Gasteiger partial charge in [-0.15, -0.1) is 17.7 Å². The minimum Gasteiger partial charge on any atom is 0 e. The Balaban J connectivity index is 0.000000230. The van der Waals surface area contributed by atoms with E-state index in [-0.39, 0.29) is 20.1 Å². The number of fused-ring (bicyclic) bond motifs is 3. The van der Waals surface area contributed by atoms with Crippen LogP contribution in [0.15, 0.2) is 150 Å². The zero-order valence-corrected chi connectivity index (χ0v) is 34.0. The fraction of sp³-hybridized carbons (Fsp3) is 0.130. The standard InChI is InChI=1S/C32H24NO.C14H16GeN.Ir/c1-21(2)28-17-26(23-11-7-4-8-12-23)18-29-27-14-13-25(20-31(27)34-32(28)29)30-19-24(15-16-33-30)22-9-5-3-6-10-22;1-15(2,3)13-9-10-14(16-11-13)12-7-5-4-6-8-12;/h3-12,14-21H,1-2H3;4-7,9-11H,1-3H3;/q2*-1;/i21D;;. The molecule has 8 aromatic rings. The van der Waals surface area contributed by atoms with Crippen molar-refractivity contribution in [1.82, 2.24) is 9.97 Å². The minimum atomic E-state index is -1.72. The number of benzene rings is 5. The van der Waals surface area contributed by atoms with Crippen LogP contribution in [0.4, 0.5) is 0 Å². The van der Waals surface area contributed by atoms with Crippen molar-refractivity contribution in [2.75, 3.05) is 0 Å². The van der Waals surface area contributed by atoms with Gasteiger partial charge in [-0.05, 0) is 56.9 Å². The van der Waals surface area contributed by atoms with E-state index in [1.807, 2.05) is 105 Å². The Morgan fingerprint density at radius 2 is 1.35 bits per heavy atom. The van der Waals surface area contributed by atoms with Crippen molar-refractivity contribution >= 4 is 39.6 Å². The van der Waals surface area contributed by atoms with Crippen LogP contribution in [0, 0.1) is 12.1 Å². The zero-order chi connectivity index (χ0) is 35.6. The second kappa shape index (κ2) is 15.7. The van der Waals surface area contributed by atoms with Gasteiger partial charge in [-0.1, -0.05) is 98.1 Å². The summed E-state index contributed by atoms with van der Waals surface area (Å²) in [5.41, 5.74) is 10.7. The van der Waals surface area contributed by atoms with Crippen molar-refractivity contribution in [2.45, 2.75) is 37.0 Å². The summed E-state index contributed by atoms with van der Waals surface area (Å²) >= 11 is -1.72. The molecule has 1 radical (unpaired) electrons. The Bertz CT molecular complexity index is 2420. The Labute approximate surface area is 318 Å². The summed E-state index contributed by atoms with van der Waals surface area (Å²) in [6.45, 7) is 3.81. The Kier molecular flexibility index (Phi) is 10.7. The fourth-order valence-electron chi connectivity index (χ4n) is 6.07. The molecule has 3 nitrogen and oxygen atoms in total. The monoisotopic (exact) mass is 904 g/mol. The average molecular weight is 903 g/mol. The molecule has 3 heterocycles. The Morgan fingerprint density at radius 1 is 0.647 bits per heavy atom. The third-order valence-corrected chi connectivity index (χ3v) is 13.2. The molecule has 0 unspecified atom stereocenters. The number of pyridine rings is 2. The molecule has 0 saturated carbocycles. The minimum absolute atomic E-state index is 0. The molecular weight excluding hydrogens is 861 g/mol. The second-order valence-electron chi connectivity index (χ2n) is 13.7. The fourth-order valence-corrected chi connectivity index (χ4v) is 8.24. The van der Waals surface area contributed by atoms with Gasteiger partial charge in [0.05, 0.1) is 5.58 Å². The van der Waals surface area contributed by atoms with Crippen LogP contribution in [-0.4, -0.2) is 23.2 Å². The summed E-state index contributed by atoms with van der Waals surface area (Å²) in [6, 6.07) is 51.8. The van der Waals surface area contributed by atoms with Crippen molar-refractivity contribution in [1.29, 1.82) is 0 Å². The van der Waals surface area contributed by atoms with Gasteiger partial charge in [-0.25, -0.2) is 0 Å². The maximum Gasteiger partial charge on any atom is 0 e. The zero-order valence-electron chi connectivity index (χ0n) is 30.5. The van der Waals surface area contributed by atoms with Crippen molar-refractivity contribution < 1.29 is 25.9 Å². The molecular formula is C46H40GeIrN2O-2. The van der Waals surface area contributed by atoms with Crippen LogP contribution in [0.2, 0.25) is 17.3 Å². The molecule has 0 bridgehead atoms. The molecule has 0 aliphatic rings. The molecule has 0 spiro atoms. The SMILES string of the molecule is [2H]C(C)(C)c1cc(-c2ccccc2)cc2c1oc1cc(-c3cc(-c4ccccc4)ccn3)[c-]cc12.[CH3][Ge]([CH3])([CH3])[c]1ccc(-c2[c-]cccc2)nc1.[Ir]. The predicted octanol–water partition coefficient (Wildman–Crippen LogP) is 12.0. The van der Waals surface area contributed by atoms with Gasteiger partial charge in [0, 0.05) is 27.7 Å². The van der Waals surface area contributed by atoms with Gasteiger partial charge in [0.2, 0.25) is 0 Å². The molecule has 5 heteroatoms. The smallest absolute Gasteiger partial charge is 0 e. The topological polar surface area (TPSA) is 38.9 Å². The first kappa shape index (κ1) is 34.8. The predicted molar refractivity (Wildman–Crippen MR) is 212 cm³/mol. The van der Waals surface area contributed by atoms with Gasteiger partial charge < -0.3 is 9.40 Å². The van der Waals surface area contributed by atoms with E-state index in [1.165, 1.54) is 4.40 Å². The van der Waals surface area contributed by atoms with Crippen molar-refractivity contribution in [3.05, 3.63) is 164 Å². The van der Waals surface area contributed by atoms with Gasteiger partial charge in [0.15, 0.2) is 0 Å². The third kappa shape index (κ3) is 8.15. The van der Waals surface area contributed by atoms with Gasteiger partial charge in [0.1, 0.15) is 5.58 Å². The van der Waals surface area contributed by atoms with E-state index in [4.69, 9.17) is 5.79 Å². The van der Waals surface area contributed by atoms with Crippen molar-refractivity contribution in [3.63, 3.8) is 0 Å². The molecule has 0 aliphatic heterocycles. The summed E-state index contributed by atoms with van der Waals surface area (Å²) in [5.74, 6) is 6.33. The molecule has 0 amide bonds. The van der Waals surface area contributed by atoms with Crippen molar-refractivity contribution in [2.24, 2.45) is 0 Å². The largest absolute Gasteiger partial charge is 0 e. The van der Waals surface area contributed by atoms with Crippen LogP contribution >= 0.6 is 0 Å². The van der Waals surface area contributed by atoms with Crippen molar-refractivity contribution in [3.8, 4) is 44.8 Å². The van der Waals surface area contributed by atoms with E-state index in [9.17, 15) is 0 Å². The van der Waals surface area contributed by atoms with Gasteiger partial charge in [0.25, 0.3) is 0 Å². The molecule has 0 N–H and O–H groups in total. The number of furan rings is 1. The summed E-state index contributed by atoms with van der Waals surface area (Å²) in [4.78, 5) is 9.13. The summed E-state index contributed by atoms with van der Waals surface area (Å²) < 4.78 is 16.6. The van der Waals surface area contributed by atoms with Crippen LogP contribution in [0.5, 0.6) is 0 Å². The molecule has 51 heavy (non-hydrogen) atoms. The number of hydrogen-bond acceptors (Lipinski definition) is 3. The third-order valence-electron chi connectivity index (χ3n) is 8.91. The van der Waals surface area contributed by atoms with Crippen LogP contribution < -0.4 is 4.40 Å². The number of rotatable bonds is 6. The molecule has 3 aromatic heterocycles. The molecule has 8 rings (SSSR count). The van der Waals surface area contributed by atoms with E-state index in [0.717, 1.165) is 72.3 Å².